The van der Waals surface area contributed by atoms with E-state index in [4.69, 9.17) is 0 Å². The highest BCUT2D eigenvalue weighted by Crippen LogP contribution is 2.29. The number of fused-ring (bicyclic) bond motifs is 1. The van der Waals surface area contributed by atoms with E-state index in [9.17, 15) is 10.1 Å². The van der Waals surface area contributed by atoms with Crippen molar-refractivity contribution in [1.82, 2.24) is 10.3 Å². The summed E-state index contributed by atoms with van der Waals surface area (Å²) >= 11 is 0. The van der Waals surface area contributed by atoms with Gasteiger partial charge >= 0.3 is 5.69 Å². The number of nitro groups is 1. The summed E-state index contributed by atoms with van der Waals surface area (Å²) in [4.78, 5) is 10.5. The number of benzene rings is 1. The van der Waals surface area contributed by atoms with Gasteiger partial charge in [-0.2, -0.15) is 0 Å². The van der Waals surface area contributed by atoms with E-state index in [0.717, 1.165) is 37.8 Å². The highest BCUT2D eigenvalue weighted by atomic mass is 16.6. The zero-order valence-electron chi connectivity index (χ0n) is 12.3. The molecular weight excluding hydrogens is 272 g/mol. The van der Waals surface area contributed by atoms with Crippen molar-refractivity contribution in [1.29, 1.82) is 0 Å². The molecular formula is C14H20N4O3. The molecule has 0 saturated heterocycles. The summed E-state index contributed by atoms with van der Waals surface area (Å²) in [6.07, 6.45) is 5.47. The molecule has 7 heteroatoms. The SMILES string of the molecule is CCCCC(CCC)Nc1ccc([N+](=O)[O-])c2nonc12. The molecule has 0 radical (unpaired) electrons. The van der Waals surface area contributed by atoms with Crippen LogP contribution < -0.4 is 5.32 Å². The average molecular weight is 292 g/mol. The summed E-state index contributed by atoms with van der Waals surface area (Å²) in [7, 11) is 0. The van der Waals surface area contributed by atoms with E-state index in [-0.39, 0.29) is 11.2 Å². The van der Waals surface area contributed by atoms with Crippen molar-refractivity contribution < 1.29 is 9.55 Å². The third kappa shape index (κ3) is 3.48. The van der Waals surface area contributed by atoms with Crippen LogP contribution >= 0.6 is 0 Å². The molecule has 1 atom stereocenters. The smallest absolute Gasteiger partial charge is 0.300 e. The Morgan fingerprint density at radius 2 is 2.00 bits per heavy atom. The van der Waals surface area contributed by atoms with Crippen molar-refractivity contribution in [2.45, 2.75) is 52.0 Å². The Labute approximate surface area is 122 Å². The first-order valence-electron chi connectivity index (χ1n) is 7.33. The molecule has 114 valence electrons. The van der Waals surface area contributed by atoms with E-state index in [1.807, 2.05) is 0 Å². The van der Waals surface area contributed by atoms with Gasteiger partial charge in [-0.05, 0) is 29.2 Å². The fraction of sp³-hybridized carbons (Fsp3) is 0.571. The number of nitrogens with one attached hydrogen (secondary N) is 1. The second-order valence-corrected chi connectivity index (χ2v) is 5.12. The maximum atomic E-state index is 11.0. The van der Waals surface area contributed by atoms with E-state index in [0.29, 0.717) is 11.6 Å². The van der Waals surface area contributed by atoms with Crippen LogP contribution in [0.3, 0.4) is 0 Å². The largest absolute Gasteiger partial charge is 0.380 e. The first-order valence-corrected chi connectivity index (χ1v) is 7.33. The molecule has 0 bridgehead atoms. The molecule has 21 heavy (non-hydrogen) atoms. The summed E-state index contributed by atoms with van der Waals surface area (Å²) in [6.45, 7) is 4.30. The number of anilines is 1. The van der Waals surface area contributed by atoms with Crippen LogP contribution in [0.5, 0.6) is 0 Å². The van der Waals surface area contributed by atoms with Crippen LogP contribution in [-0.2, 0) is 0 Å². The first-order chi connectivity index (χ1) is 10.2. The quantitative estimate of drug-likeness (QED) is 0.585. The Balaban J connectivity index is 2.27. The van der Waals surface area contributed by atoms with Gasteiger partial charge in [-0.3, -0.25) is 10.1 Å². The number of hydrogen-bond donors (Lipinski definition) is 1. The minimum absolute atomic E-state index is 0.0857. The van der Waals surface area contributed by atoms with Gasteiger partial charge in [-0.15, -0.1) is 0 Å². The van der Waals surface area contributed by atoms with Crippen molar-refractivity contribution in [2.75, 3.05) is 5.32 Å². The van der Waals surface area contributed by atoms with Crippen LogP contribution in [0.2, 0.25) is 0 Å². The molecule has 2 aromatic rings. The summed E-state index contributed by atoms with van der Waals surface area (Å²) in [5, 5.41) is 21.8. The van der Waals surface area contributed by atoms with Gasteiger partial charge in [-0.25, -0.2) is 4.63 Å². The third-order valence-electron chi connectivity index (χ3n) is 3.49. The summed E-state index contributed by atoms with van der Waals surface area (Å²) < 4.78 is 4.67. The first kappa shape index (κ1) is 15.2. The standard InChI is InChI=1S/C14H20N4O3/c1-3-5-7-10(6-4-2)15-11-8-9-12(18(19)20)14-13(11)16-21-17-14/h8-10,15H,3-7H2,1-2H3. The topological polar surface area (TPSA) is 94.1 Å². The molecule has 1 unspecified atom stereocenters. The molecule has 0 aliphatic heterocycles. The molecule has 0 spiro atoms. The van der Waals surface area contributed by atoms with Gasteiger partial charge in [0.2, 0.25) is 5.52 Å². The molecule has 1 heterocycles. The number of non-ortho nitro benzene ring substituents is 1. The molecule has 2 rings (SSSR count). The van der Waals surface area contributed by atoms with Crippen LogP contribution in [0.4, 0.5) is 11.4 Å². The lowest BCUT2D eigenvalue weighted by molar-refractivity contribution is -0.383. The molecule has 1 N–H and O–H groups in total. The van der Waals surface area contributed by atoms with Crippen LogP contribution in [0.15, 0.2) is 16.8 Å². The number of aromatic nitrogens is 2. The molecule has 0 amide bonds. The van der Waals surface area contributed by atoms with Crippen LogP contribution in [0, 0.1) is 10.1 Å². The lowest BCUT2D eigenvalue weighted by Gasteiger charge is -2.19. The molecule has 0 fully saturated rings. The fourth-order valence-corrected chi connectivity index (χ4v) is 2.42. The second kappa shape index (κ2) is 7.01. The maximum Gasteiger partial charge on any atom is 0.300 e. The van der Waals surface area contributed by atoms with Crippen molar-refractivity contribution in [2.24, 2.45) is 0 Å². The third-order valence-corrected chi connectivity index (χ3v) is 3.49. The van der Waals surface area contributed by atoms with Gasteiger partial charge in [0.05, 0.1) is 10.6 Å². The second-order valence-electron chi connectivity index (χ2n) is 5.12. The summed E-state index contributed by atoms with van der Waals surface area (Å²) in [5.41, 5.74) is 1.27. The van der Waals surface area contributed by atoms with Gasteiger partial charge < -0.3 is 5.32 Å². The Hall–Kier alpha value is -2.18. The minimum Gasteiger partial charge on any atom is -0.380 e. The maximum absolute atomic E-state index is 11.0. The van der Waals surface area contributed by atoms with Gasteiger partial charge in [0.1, 0.15) is 0 Å². The number of rotatable bonds is 8. The molecule has 1 aromatic heterocycles. The number of hydrogen-bond acceptors (Lipinski definition) is 6. The summed E-state index contributed by atoms with van der Waals surface area (Å²) in [5.74, 6) is 0. The van der Waals surface area contributed by atoms with Crippen LogP contribution in [0.25, 0.3) is 11.0 Å². The van der Waals surface area contributed by atoms with Crippen LogP contribution in [0.1, 0.15) is 46.0 Å². The number of nitrogens with zero attached hydrogens (tertiary/aromatic N) is 3. The predicted molar refractivity (Wildman–Crippen MR) is 80.3 cm³/mol. The Morgan fingerprint density at radius 3 is 2.67 bits per heavy atom. The highest BCUT2D eigenvalue weighted by Gasteiger charge is 2.20. The van der Waals surface area contributed by atoms with E-state index >= 15 is 0 Å². The highest BCUT2D eigenvalue weighted by molar-refractivity contribution is 5.93. The normalized spacial score (nSPS) is 12.5. The zero-order chi connectivity index (χ0) is 15.2. The van der Waals surface area contributed by atoms with Gasteiger partial charge in [-0.1, -0.05) is 33.1 Å². The fourth-order valence-electron chi connectivity index (χ4n) is 2.42. The van der Waals surface area contributed by atoms with Gasteiger partial charge in [0, 0.05) is 12.1 Å². The van der Waals surface area contributed by atoms with Gasteiger partial charge in [0.25, 0.3) is 0 Å². The number of nitro benzene ring substituents is 1. The predicted octanol–water partition coefficient (Wildman–Crippen LogP) is 3.90. The minimum atomic E-state index is -0.475. The molecule has 0 saturated carbocycles. The monoisotopic (exact) mass is 292 g/mol. The molecule has 1 aromatic carbocycles. The van der Waals surface area contributed by atoms with E-state index in [1.165, 1.54) is 6.07 Å². The molecule has 0 aliphatic rings. The van der Waals surface area contributed by atoms with Crippen molar-refractivity contribution in [3.63, 3.8) is 0 Å². The van der Waals surface area contributed by atoms with Crippen molar-refractivity contribution in [3.05, 3.63) is 22.2 Å². The Morgan fingerprint density at radius 1 is 1.24 bits per heavy atom. The Kier molecular flexibility index (Phi) is 5.08. The lowest BCUT2D eigenvalue weighted by Crippen LogP contribution is -2.19. The van der Waals surface area contributed by atoms with E-state index in [2.05, 4.69) is 34.1 Å². The van der Waals surface area contributed by atoms with Gasteiger partial charge in [0.15, 0.2) is 5.52 Å². The zero-order valence-corrected chi connectivity index (χ0v) is 12.3. The molecule has 7 nitrogen and oxygen atoms in total. The van der Waals surface area contributed by atoms with E-state index in [1.54, 1.807) is 6.07 Å². The Bertz CT molecular complexity index is 611. The van der Waals surface area contributed by atoms with Crippen LogP contribution in [-0.4, -0.2) is 21.3 Å². The lowest BCUT2D eigenvalue weighted by atomic mass is 10.0. The number of unbranched alkanes of at least 4 members (excludes halogenated alkanes) is 1. The van der Waals surface area contributed by atoms with Crippen molar-refractivity contribution >= 4 is 22.4 Å². The molecule has 0 aliphatic carbocycles. The average Bonchev–Trinajstić information content (AvgIpc) is 2.94. The summed E-state index contributed by atoms with van der Waals surface area (Å²) in [6, 6.07) is 3.45. The van der Waals surface area contributed by atoms with E-state index < -0.39 is 4.92 Å². The van der Waals surface area contributed by atoms with Crippen molar-refractivity contribution in [3.8, 4) is 0 Å².